The Morgan fingerprint density at radius 3 is 2.75 bits per heavy atom. The smallest absolute Gasteiger partial charge is 0.212 e. The van der Waals surface area contributed by atoms with Crippen molar-refractivity contribution in [3.8, 4) is 0 Å². The van der Waals surface area contributed by atoms with Gasteiger partial charge >= 0.3 is 0 Å². The van der Waals surface area contributed by atoms with Gasteiger partial charge in [-0.25, -0.2) is 0 Å². The molecule has 0 fully saturated rings. The van der Waals surface area contributed by atoms with Crippen LogP contribution in [0, 0.1) is 13.8 Å². The number of nitrogens with one attached hydrogen (secondary N) is 2. The summed E-state index contributed by atoms with van der Waals surface area (Å²) < 4.78 is 0. The van der Waals surface area contributed by atoms with Crippen LogP contribution in [0.25, 0.3) is 0 Å². The van der Waals surface area contributed by atoms with E-state index in [9.17, 15) is 9.59 Å². The van der Waals surface area contributed by atoms with E-state index in [-0.39, 0.29) is 5.43 Å². The molecule has 0 atom stereocenters. The second kappa shape index (κ2) is 3.21. The van der Waals surface area contributed by atoms with E-state index in [2.05, 4.69) is 10.3 Å². The Kier molecular flexibility index (Phi) is 2.28. The van der Waals surface area contributed by atoms with Gasteiger partial charge in [0.2, 0.25) is 6.41 Å². The number of carbonyl (C=O) groups excluding carboxylic acids is 1. The topological polar surface area (TPSA) is 62.0 Å². The van der Waals surface area contributed by atoms with Crippen molar-refractivity contribution in [3.05, 3.63) is 27.5 Å². The van der Waals surface area contributed by atoms with Crippen molar-refractivity contribution in [2.45, 2.75) is 13.8 Å². The third kappa shape index (κ3) is 1.37. The number of pyridine rings is 1. The van der Waals surface area contributed by atoms with Gasteiger partial charge in [0.05, 0.1) is 0 Å². The summed E-state index contributed by atoms with van der Waals surface area (Å²) >= 11 is 0. The molecule has 0 aromatic carbocycles. The number of hydrogen-bond donors (Lipinski definition) is 2. The molecule has 1 rings (SSSR count). The van der Waals surface area contributed by atoms with Crippen molar-refractivity contribution in [2.75, 3.05) is 5.32 Å². The van der Waals surface area contributed by atoms with Crippen LogP contribution < -0.4 is 10.7 Å². The zero-order valence-corrected chi connectivity index (χ0v) is 6.97. The highest BCUT2D eigenvalue weighted by atomic mass is 16.1. The Hall–Kier alpha value is -1.58. The van der Waals surface area contributed by atoms with Gasteiger partial charge in [0.25, 0.3) is 0 Å². The molecule has 12 heavy (non-hydrogen) atoms. The maximum absolute atomic E-state index is 11.3. The first-order valence-corrected chi connectivity index (χ1v) is 3.56. The fourth-order valence-electron chi connectivity index (χ4n) is 0.972. The Bertz CT molecular complexity index is 355. The van der Waals surface area contributed by atoms with Gasteiger partial charge in [0.1, 0.15) is 5.82 Å². The lowest BCUT2D eigenvalue weighted by atomic mass is 10.2. The number of rotatable bonds is 2. The van der Waals surface area contributed by atoms with Crippen LogP contribution in [0.4, 0.5) is 5.82 Å². The lowest BCUT2D eigenvalue weighted by Gasteiger charge is -2.03. The van der Waals surface area contributed by atoms with E-state index < -0.39 is 0 Å². The van der Waals surface area contributed by atoms with Crippen LogP contribution in [0.5, 0.6) is 0 Å². The third-order valence-corrected chi connectivity index (χ3v) is 1.71. The van der Waals surface area contributed by atoms with Gasteiger partial charge in [-0.1, -0.05) is 0 Å². The quantitative estimate of drug-likeness (QED) is 0.630. The van der Waals surface area contributed by atoms with Crippen molar-refractivity contribution >= 4 is 12.2 Å². The zero-order chi connectivity index (χ0) is 9.14. The Morgan fingerprint density at radius 2 is 2.17 bits per heavy atom. The van der Waals surface area contributed by atoms with Gasteiger partial charge in [-0.2, -0.15) is 0 Å². The van der Waals surface area contributed by atoms with Crippen molar-refractivity contribution < 1.29 is 4.79 Å². The number of aryl methyl sites for hydroxylation is 1. The highest BCUT2D eigenvalue weighted by Gasteiger charge is 2.02. The third-order valence-electron chi connectivity index (χ3n) is 1.71. The maximum Gasteiger partial charge on any atom is 0.212 e. The van der Waals surface area contributed by atoms with Crippen molar-refractivity contribution in [3.63, 3.8) is 0 Å². The minimum atomic E-state index is -0.0434. The van der Waals surface area contributed by atoms with Gasteiger partial charge in [0, 0.05) is 17.3 Å². The molecule has 4 heteroatoms. The Labute approximate surface area is 69.6 Å². The van der Waals surface area contributed by atoms with Crippen molar-refractivity contribution in [2.24, 2.45) is 0 Å². The van der Waals surface area contributed by atoms with Crippen molar-refractivity contribution in [1.29, 1.82) is 0 Å². The number of aromatic amines is 1. The summed E-state index contributed by atoms with van der Waals surface area (Å²) in [5, 5.41) is 2.41. The summed E-state index contributed by atoms with van der Waals surface area (Å²) in [6, 6.07) is 0. The molecule has 0 spiro atoms. The van der Waals surface area contributed by atoms with Crippen LogP contribution in [0.1, 0.15) is 11.1 Å². The number of aromatic nitrogens is 1. The lowest BCUT2D eigenvalue weighted by Crippen LogP contribution is -2.13. The molecular weight excluding hydrogens is 156 g/mol. The van der Waals surface area contributed by atoms with Crippen LogP contribution in [-0.2, 0) is 4.79 Å². The predicted molar refractivity (Wildman–Crippen MR) is 46.2 cm³/mol. The molecule has 0 unspecified atom stereocenters. The molecule has 2 N–H and O–H groups in total. The van der Waals surface area contributed by atoms with Crippen LogP contribution in [0.3, 0.4) is 0 Å². The molecule has 0 radical (unpaired) electrons. The first kappa shape index (κ1) is 8.52. The number of carbonyl (C=O) groups is 1. The first-order valence-electron chi connectivity index (χ1n) is 3.56. The molecule has 0 saturated carbocycles. The minimum absolute atomic E-state index is 0.0434. The molecular formula is C8H10N2O2. The Balaban J connectivity index is 3.26. The second-order valence-electron chi connectivity index (χ2n) is 2.56. The highest BCUT2D eigenvalue weighted by Crippen LogP contribution is 2.04. The SMILES string of the molecule is Cc1c[nH]c(NC=O)c(C)c1=O. The average Bonchev–Trinajstić information content (AvgIpc) is 2.07. The Morgan fingerprint density at radius 1 is 1.50 bits per heavy atom. The molecule has 1 aromatic heterocycles. The van der Waals surface area contributed by atoms with E-state index in [0.717, 1.165) is 0 Å². The summed E-state index contributed by atoms with van der Waals surface area (Å²) in [6.45, 7) is 3.38. The van der Waals surface area contributed by atoms with E-state index in [4.69, 9.17) is 0 Å². The summed E-state index contributed by atoms with van der Waals surface area (Å²) in [5.41, 5.74) is 1.13. The number of hydrogen-bond acceptors (Lipinski definition) is 2. The zero-order valence-electron chi connectivity index (χ0n) is 6.97. The standard InChI is InChI=1S/C8H10N2O2/c1-5-3-9-8(10-4-11)6(2)7(5)12/h3-4H,1-2H3,(H2,9,10,11,12). The summed E-state index contributed by atoms with van der Waals surface area (Å²) in [5.74, 6) is 0.459. The van der Waals surface area contributed by atoms with E-state index in [1.165, 1.54) is 0 Å². The van der Waals surface area contributed by atoms with Gasteiger partial charge in [-0.3, -0.25) is 9.59 Å². The van der Waals surface area contributed by atoms with Gasteiger partial charge in [-0.15, -0.1) is 0 Å². The van der Waals surface area contributed by atoms with Gasteiger partial charge < -0.3 is 10.3 Å². The molecule has 1 amide bonds. The maximum atomic E-state index is 11.3. The number of H-pyrrole nitrogens is 1. The van der Waals surface area contributed by atoms with Gasteiger partial charge in [-0.05, 0) is 13.8 Å². The summed E-state index contributed by atoms with van der Waals surface area (Å²) in [6.07, 6.45) is 2.11. The molecule has 0 aliphatic carbocycles. The van der Waals surface area contributed by atoms with E-state index >= 15 is 0 Å². The van der Waals surface area contributed by atoms with Crippen LogP contribution in [0.2, 0.25) is 0 Å². The number of anilines is 1. The highest BCUT2D eigenvalue weighted by molar-refractivity contribution is 5.70. The molecule has 1 heterocycles. The second-order valence-corrected chi connectivity index (χ2v) is 2.56. The van der Waals surface area contributed by atoms with Gasteiger partial charge in [0.15, 0.2) is 5.43 Å². The largest absolute Gasteiger partial charge is 0.347 e. The van der Waals surface area contributed by atoms with Crippen LogP contribution >= 0.6 is 0 Å². The van der Waals surface area contributed by atoms with E-state index in [1.807, 2.05) is 0 Å². The predicted octanol–water partition coefficient (Wildman–Crippen LogP) is 0.560. The van der Waals surface area contributed by atoms with Crippen LogP contribution in [-0.4, -0.2) is 11.4 Å². The van der Waals surface area contributed by atoms with E-state index in [1.54, 1.807) is 20.0 Å². The summed E-state index contributed by atoms with van der Waals surface area (Å²) in [7, 11) is 0. The molecule has 4 nitrogen and oxygen atoms in total. The van der Waals surface area contributed by atoms with Crippen molar-refractivity contribution in [1.82, 2.24) is 4.98 Å². The minimum Gasteiger partial charge on any atom is -0.347 e. The summed E-state index contributed by atoms with van der Waals surface area (Å²) in [4.78, 5) is 24.2. The van der Waals surface area contributed by atoms with Crippen LogP contribution in [0.15, 0.2) is 11.0 Å². The first-order chi connectivity index (χ1) is 5.66. The van der Waals surface area contributed by atoms with E-state index in [0.29, 0.717) is 23.4 Å². The average molecular weight is 166 g/mol. The molecule has 0 aliphatic rings. The molecule has 0 saturated heterocycles. The molecule has 64 valence electrons. The molecule has 1 aromatic rings. The molecule has 0 bridgehead atoms. The number of amides is 1. The fraction of sp³-hybridized carbons (Fsp3) is 0.250. The normalized spacial score (nSPS) is 9.50. The molecule has 0 aliphatic heterocycles. The lowest BCUT2D eigenvalue weighted by molar-refractivity contribution is -0.105. The monoisotopic (exact) mass is 166 g/mol. The fourth-order valence-corrected chi connectivity index (χ4v) is 0.972.